The van der Waals surface area contributed by atoms with Gasteiger partial charge in [0.05, 0.1) is 7.11 Å². The SMILES string of the molecule is COc1c(C)cc(Cl)cc1CN1CCCNCC1. The highest BCUT2D eigenvalue weighted by molar-refractivity contribution is 6.30. The van der Waals surface area contributed by atoms with Crippen LogP contribution >= 0.6 is 11.6 Å². The molecule has 1 aliphatic heterocycles. The summed E-state index contributed by atoms with van der Waals surface area (Å²) in [6, 6.07) is 3.97. The molecule has 3 nitrogen and oxygen atoms in total. The number of methoxy groups -OCH3 is 1. The van der Waals surface area contributed by atoms with Crippen molar-refractivity contribution in [3.63, 3.8) is 0 Å². The molecule has 1 aromatic rings. The number of rotatable bonds is 3. The van der Waals surface area contributed by atoms with Gasteiger partial charge in [-0.25, -0.2) is 0 Å². The molecule has 0 aromatic heterocycles. The number of hydrogen-bond donors (Lipinski definition) is 1. The summed E-state index contributed by atoms with van der Waals surface area (Å²) in [7, 11) is 1.73. The topological polar surface area (TPSA) is 24.5 Å². The fraction of sp³-hybridized carbons (Fsp3) is 0.571. The first-order valence-corrected chi connectivity index (χ1v) is 6.84. The van der Waals surface area contributed by atoms with E-state index in [1.54, 1.807) is 7.11 Å². The third kappa shape index (κ3) is 3.37. The summed E-state index contributed by atoms with van der Waals surface area (Å²) in [6.07, 6.45) is 1.20. The normalized spacial score (nSPS) is 17.5. The molecule has 0 radical (unpaired) electrons. The molecule has 0 atom stereocenters. The summed E-state index contributed by atoms with van der Waals surface area (Å²) in [5, 5.41) is 4.20. The molecule has 1 N–H and O–H groups in total. The summed E-state index contributed by atoms with van der Waals surface area (Å²) in [6.45, 7) is 7.32. The van der Waals surface area contributed by atoms with E-state index in [0.717, 1.165) is 49.1 Å². The highest BCUT2D eigenvalue weighted by Gasteiger charge is 2.14. The molecule has 0 aliphatic carbocycles. The Balaban J connectivity index is 2.16. The van der Waals surface area contributed by atoms with Crippen LogP contribution in [0.1, 0.15) is 17.5 Å². The molecule has 0 saturated carbocycles. The lowest BCUT2D eigenvalue weighted by Crippen LogP contribution is -2.27. The quantitative estimate of drug-likeness (QED) is 0.911. The van der Waals surface area contributed by atoms with Gasteiger partial charge in [0, 0.05) is 30.2 Å². The number of nitrogens with one attached hydrogen (secondary N) is 1. The summed E-state index contributed by atoms with van der Waals surface area (Å²) >= 11 is 6.14. The molecule has 1 aliphatic rings. The molecule has 1 aromatic carbocycles. The minimum atomic E-state index is 0.788. The highest BCUT2D eigenvalue weighted by atomic mass is 35.5. The summed E-state index contributed by atoms with van der Waals surface area (Å²) in [5.41, 5.74) is 2.29. The Bertz CT molecular complexity index is 401. The van der Waals surface area contributed by atoms with Crippen molar-refractivity contribution in [1.29, 1.82) is 0 Å². The van der Waals surface area contributed by atoms with Gasteiger partial charge < -0.3 is 10.1 Å². The fourth-order valence-corrected chi connectivity index (χ4v) is 2.80. The molecule has 1 fully saturated rings. The highest BCUT2D eigenvalue weighted by Crippen LogP contribution is 2.28. The van der Waals surface area contributed by atoms with E-state index in [2.05, 4.69) is 10.2 Å². The van der Waals surface area contributed by atoms with Crippen molar-refractivity contribution in [2.24, 2.45) is 0 Å². The number of halogens is 1. The van der Waals surface area contributed by atoms with Crippen molar-refractivity contribution >= 4 is 11.6 Å². The van der Waals surface area contributed by atoms with Gasteiger partial charge >= 0.3 is 0 Å². The van der Waals surface area contributed by atoms with Gasteiger partial charge in [-0.15, -0.1) is 0 Å². The van der Waals surface area contributed by atoms with E-state index in [1.165, 1.54) is 12.0 Å². The molecular weight excluding hydrogens is 248 g/mol. The van der Waals surface area contributed by atoms with Crippen molar-refractivity contribution < 1.29 is 4.74 Å². The number of nitrogens with zero attached hydrogens (tertiary/aromatic N) is 1. The Labute approximate surface area is 114 Å². The number of benzene rings is 1. The number of hydrogen-bond acceptors (Lipinski definition) is 3. The Morgan fingerprint density at radius 2 is 2.17 bits per heavy atom. The van der Waals surface area contributed by atoms with E-state index in [0.29, 0.717) is 0 Å². The second-order valence-electron chi connectivity index (χ2n) is 4.79. The summed E-state index contributed by atoms with van der Waals surface area (Å²) in [5.74, 6) is 0.969. The van der Waals surface area contributed by atoms with Gasteiger partial charge in [-0.2, -0.15) is 0 Å². The van der Waals surface area contributed by atoms with Crippen LogP contribution in [0.15, 0.2) is 12.1 Å². The molecule has 100 valence electrons. The van der Waals surface area contributed by atoms with Crippen LogP contribution in [0.4, 0.5) is 0 Å². The van der Waals surface area contributed by atoms with Gasteiger partial charge in [-0.3, -0.25) is 4.90 Å². The monoisotopic (exact) mass is 268 g/mol. The largest absolute Gasteiger partial charge is 0.496 e. The third-order valence-corrected chi connectivity index (χ3v) is 3.57. The Morgan fingerprint density at radius 3 is 2.94 bits per heavy atom. The molecule has 1 saturated heterocycles. The van der Waals surface area contributed by atoms with Crippen LogP contribution < -0.4 is 10.1 Å². The number of ether oxygens (including phenoxy) is 1. The van der Waals surface area contributed by atoms with Crippen LogP contribution in [-0.4, -0.2) is 38.2 Å². The van der Waals surface area contributed by atoms with Gasteiger partial charge in [-0.1, -0.05) is 11.6 Å². The van der Waals surface area contributed by atoms with Crippen LogP contribution in [0, 0.1) is 6.92 Å². The van der Waals surface area contributed by atoms with Crippen LogP contribution in [0.25, 0.3) is 0 Å². The van der Waals surface area contributed by atoms with Crippen molar-refractivity contribution in [3.05, 3.63) is 28.3 Å². The Morgan fingerprint density at radius 1 is 1.33 bits per heavy atom. The zero-order valence-electron chi connectivity index (χ0n) is 11.1. The van der Waals surface area contributed by atoms with Crippen LogP contribution in [0.2, 0.25) is 5.02 Å². The maximum atomic E-state index is 6.14. The van der Waals surface area contributed by atoms with E-state index in [-0.39, 0.29) is 0 Å². The molecule has 0 spiro atoms. The van der Waals surface area contributed by atoms with Crippen molar-refractivity contribution in [3.8, 4) is 5.75 Å². The van der Waals surface area contributed by atoms with E-state index < -0.39 is 0 Å². The van der Waals surface area contributed by atoms with Crippen molar-refractivity contribution in [1.82, 2.24) is 10.2 Å². The molecular formula is C14H21ClN2O. The van der Waals surface area contributed by atoms with E-state index in [1.807, 2.05) is 19.1 Å². The van der Waals surface area contributed by atoms with Crippen molar-refractivity contribution in [2.45, 2.75) is 19.9 Å². The number of aryl methyl sites for hydroxylation is 1. The zero-order valence-corrected chi connectivity index (χ0v) is 11.9. The third-order valence-electron chi connectivity index (χ3n) is 3.35. The van der Waals surface area contributed by atoms with Gasteiger partial charge in [0.1, 0.15) is 5.75 Å². The van der Waals surface area contributed by atoms with E-state index in [9.17, 15) is 0 Å². The summed E-state index contributed by atoms with van der Waals surface area (Å²) in [4.78, 5) is 2.45. The van der Waals surface area contributed by atoms with Crippen LogP contribution in [0.3, 0.4) is 0 Å². The molecule has 0 bridgehead atoms. The minimum Gasteiger partial charge on any atom is -0.496 e. The van der Waals surface area contributed by atoms with Gasteiger partial charge in [0.2, 0.25) is 0 Å². The van der Waals surface area contributed by atoms with Crippen LogP contribution in [0.5, 0.6) is 5.75 Å². The second kappa shape index (κ2) is 6.41. The average molecular weight is 269 g/mol. The average Bonchev–Trinajstić information content (AvgIpc) is 2.57. The lowest BCUT2D eigenvalue weighted by atomic mass is 10.1. The maximum Gasteiger partial charge on any atom is 0.126 e. The molecule has 0 unspecified atom stereocenters. The van der Waals surface area contributed by atoms with Gasteiger partial charge in [-0.05, 0) is 44.1 Å². The first-order valence-electron chi connectivity index (χ1n) is 6.47. The van der Waals surface area contributed by atoms with Crippen LogP contribution in [-0.2, 0) is 6.54 Å². The molecule has 1 heterocycles. The molecule has 2 rings (SSSR count). The van der Waals surface area contributed by atoms with Gasteiger partial charge in [0.15, 0.2) is 0 Å². The fourth-order valence-electron chi connectivity index (χ4n) is 2.51. The predicted molar refractivity (Wildman–Crippen MR) is 75.5 cm³/mol. The standard InChI is InChI=1S/C14H21ClN2O/c1-11-8-13(15)9-12(14(11)18-2)10-17-6-3-4-16-5-7-17/h8-9,16H,3-7,10H2,1-2H3. The predicted octanol–water partition coefficient (Wildman–Crippen LogP) is 2.45. The zero-order chi connectivity index (χ0) is 13.0. The Hall–Kier alpha value is -0.770. The first kappa shape index (κ1) is 13.7. The van der Waals surface area contributed by atoms with E-state index >= 15 is 0 Å². The summed E-state index contributed by atoms with van der Waals surface area (Å²) < 4.78 is 5.50. The minimum absolute atomic E-state index is 0.788. The molecule has 0 amide bonds. The maximum absolute atomic E-state index is 6.14. The lowest BCUT2D eigenvalue weighted by molar-refractivity contribution is 0.278. The van der Waals surface area contributed by atoms with E-state index in [4.69, 9.17) is 16.3 Å². The molecule has 4 heteroatoms. The second-order valence-corrected chi connectivity index (χ2v) is 5.23. The Kier molecular flexibility index (Phi) is 4.87. The smallest absolute Gasteiger partial charge is 0.126 e. The molecule has 18 heavy (non-hydrogen) atoms. The lowest BCUT2D eigenvalue weighted by Gasteiger charge is -2.21. The van der Waals surface area contributed by atoms with Crippen molar-refractivity contribution in [2.75, 3.05) is 33.3 Å². The van der Waals surface area contributed by atoms with Gasteiger partial charge in [0.25, 0.3) is 0 Å². The first-order chi connectivity index (χ1) is 8.70.